The highest BCUT2D eigenvalue weighted by Gasteiger charge is 2.35. The molecule has 0 unspecified atom stereocenters. The number of hydrogen-bond donors (Lipinski definition) is 19. The summed E-state index contributed by atoms with van der Waals surface area (Å²) in [6.45, 7) is 3.90. The van der Waals surface area contributed by atoms with Gasteiger partial charge in [0.15, 0.2) is 12.0 Å². The molecular formula is C48H72N18O15. The molecule has 23 N–H and O–H groups in total. The third kappa shape index (κ3) is 23.3. The number of carbonyl (C=O) groups excluding carboxylic acids is 10. The number of nitrogens with zero attached hydrogens (tertiary/aromatic N) is 3. The molecule has 1 aromatic carbocycles. The Kier molecular flexibility index (Phi) is 26.6. The van der Waals surface area contributed by atoms with Gasteiger partial charge >= 0.3 is 5.97 Å². The summed E-state index contributed by atoms with van der Waals surface area (Å²) in [4.78, 5) is 162. The second kappa shape index (κ2) is 32.6. The van der Waals surface area contributed by atoms with Gasteiger partial charge in [0.25, 0.3) is 0 Å². The molecule has 2 aromatic heterocycles. The summed E-state index contributed by atoms with van der Waals surface area (Å²) in [6.07, 6.45) is 1.07. The molecule has 33 nitrogen and oxygen atoms in total. The summed E-state index contributed by atoms with van der Waals surface area (Å²) in [5, 5.41) is 61.0. The van der Waals surface area contributed by atoms with Crippen LogP contribution in [0.1, 0.15) is 70.3 Å². The first-order chi connectivity index (χ1) is 38.1. The monoisotopic (exact) mass is 1140 g/mol. The Hall–Kier alpha value is -9.24. The minimum absolute atomic E-state index is 0.0225. The first-order valence-corrected chi connectivity index (χ1v) is 25.3. The molecule has 33 heteroatoms. The lowest BCUT2D eigenvalue weighted by atomic mass is 10.0. The molecule has 0 aliphatic rings. The van der Waals surface area contributed by atoms with Crippen molar-refractivity contribution in [2.24, 2.45) is 27.9 Å². The van der Waals surface area contributed by atoms with Gasteiger partial charge in [0.2, 0.25) is 59.1 Å². The Balaban J connectivity index is 1.83. The highest BCUT2D eigenvalue weighted by atomic mass is 16.4. The predicted octanol–water partition coefficient (Wildman–Crippen LogP) is -7.61. The van der Waals surface area contributed by atoms with Crippen LogP contribution < -0.4 is 70.8 Å². The zero-order valence-corrected chi connectivity index (χ0v) is 44.8. The maximum atomic E-state index is 14.4. The van der Waals surface area contributed by atoms with Crippen molar-refractivity contribution in [3.8, 4) is 5.75 Å². The molecule has 2 heterocycles. The summed E-state index contributed by atoms with van der Waals surface area (Å²) in [7, 11) is 0. The number of imidazole rings is 2. The fraction of sp³-hybridized carbons (Fsp3) is 0.500. The molecule has 0 saturated carbocycles. The van der Waals surface area contributed by atoms with E-state index < -0.39 is 138 Å². The third-order valence-electron chi connectivity index (χ3n) is 11.9. The number of nitrogens with one attached hydrogen (secondary N) is 11. The summed E-state index contributed by atoms with van der Waals surface area (Å²) >= 11 is 0. The molecule has 0 fully saturated rings. The third-order valence-corrected chi connectivity index (χ3v) is 11.9. The van der Waals surface area contributed by atoms with Crippen LogP contribution in [0.3, 0.4) is 0 Å². The lowest BCUT2D eigenvalue weighted by Gasteiger charge is -2.27. The molecule has 0 spiro atoms. The number of H-pyrrole nitrogens is 2. The van der Waals surface area contributed by atoms with E-state index in [9.17, 15) is 73.2 Å². The summed E-state index contributed by atoms with van der Waals surface area (Å²) in [5.74, 6) is -11.2. The van der Waals surface area contributed by atoms with Gasteiger partial charge in [0.1, 0.15) is 48.0 Å². The molecule has 3 rings (SSSR count). The van der Waals surface area contributed by atoms with Gasteiger partial charge in [-0.05, 0) is 64.7 Å². The van der Waals surface area contributed by atoms with Crippen LogP contribution >= 0.6 is 0 Å². The Labute approximate surface area is 463 Å². The molecule has 0 bridgehead atoms. The number of rotatable bonds is 34. The Morgan fingerprint density at radius 1 is 0.580 bits per heavy atom. The number of amides is 10. The number of aromatic hydroxyl groups is 1. The number of aliphatic hydroxyl groups excluding tert-OH is 2. The molecule has 0 saturated heterocycles. The van der Waals surface area contributed by atoms with Gasteiger partial charge in [-0.3, -0.25) is 52.9 Å². The summed E-state index contributed by atoms with van der Waals surface area (Å²) in [6, 6.07) is -7.80. The highest BCUT2D eigenvalue weighted by Crippen LogP contribution is 2.13. The van der Waals surface area contributed by atoms with Gasteiger partial charge in [0.05, 0.1) is 37.4 Å². The van der Waals surface area contributed by atoms with Crippen LogP contribution in [0.5, 0.6) is 5.75 Å². The Bertz CT molecular complexity index is 2650. The number of phenolic OH excluding ortho intramolecular Hbond substituents is 1. The number of hydrogen-bond acceptors (Lipinski definition) is 18. The van der Waals surface area contributed by atoms with Crippen molar-refractivity contribution in [3.05, 3.63) is 66.3 Å². The number of carbonyl (C=O) groups is 11. The van der Waals surface area contributed by atoms with Crippen molar-refractivity contribution in [1.29, 1.82) is 0 Å². The lowest BCUT2D eigenvalue weighted by molar-refractivity contribution is -0.145. The normalized spacial score (nSPS) is 15.0. The van der Waals surface area contributed by atoms with E-state index in [2.05, 4.69) is 72.8 Å². The van der Waals surface area contributed by atoms with Gasteiger partial charge in [0, 0.05) is 56.0 Å². The molecule has 0 aliphatic carbocycles. The van der Waals surface area contributed by atoms with Crippen molar-refractivity contribution < 1.29 is 73.2 Å². The highest BCUT2D eigenvalue weighted by molar-refractivity contribution is 5.98. The second-order valence-corrected chi connectivity index (χ2v) is 18.8. The molecule has 10 amide bonds. The number of nitrogens with two attached hydrogens (primary N) is 4. The standard InChI is InChI=1S/C48H72N18O15/c1-22(40(73)66-38(25(4)68)47(80)81)59-36(71)19-56-46(79)37(24(3)67)65-45(78)34(16-28-18-54-21-58-28)62-39(72)23(2)60-42(75)31(6-5-13-55-48(51)52)61-43(76)32(14-26-7-9-29(69)10-8-26)64-44(77)33(15-27-17-53-20-57-27)63-41(74)30(49)11-12-35(50)70/h7-10,17-18,20-25,30-34,37-38,67-69H,5-6,11-16,19,49H2,1-4H3,(H2,50,70)(H,53,57)(H,54,58)(H,56,79)(H,59,71)(H,60,75)(H,61,76)(H,62,72)(H,63,74)(H,64,77)(H,65,78)(H,66,73)(H,80,81)(H4,51,52,55)/t22-,23-,24+,25+,30-,31-,32-,33-,34-,37-,38-/m0/s1. The Morgan fingerprint density at radius 3 is 1.56 bits per heavy atom. The van der Waals surface area contributed by atoms with Gasteiger partial charge in [-0.15, -0.1) is 0 Å². The van der Waals surface area contributed by atoms with E-state index in [0.29, 0.717) is 17.0 Å². The zero-order valence-electron chi connectivity index (χ0n) is 44.8. The van der Waals surface area contributed by atoms with Gasteiger partial charge < -0.3 is 101 Å². The van der Waals surface area contributed by atoms with E-state index in [4.69, 9.17) is 22.9 Å². The van der Waals surface area contributed by atoms with E-state index >= 15 is 0 Å². The summed E-state index contributed by atoms with van der Waals surface area (Å²) < 4.78 is 0. The summed E-state index contributed by atoms with van der Waals surface area (Å²) in [5.41, 5.74) is 23.3. The number of primary amides is 1. The molecule has 3 aromatic rings. The van der Waals surface area contributed by atoms with Crippen LogP contribution in [0, 0.1) is 0 Å². The van der Waals surface area contributed by atoms with Crippen LogP contribution in [-0.2, 0) is 72.0 Å². The smallest absolute Gasteiger partial charge is 0.328 e. The largest absolute Gasteiger partial charge is 0.508 e. The van der Waals surface area contributed by atoms with Crippen LogP contribution in [-0.4, -0.2) is 191 Å². The molecule has 0 aliphatic heterocycles. The van der Waals surface area contributed by atoms with Crippen LogP contribution in [0.25, 0.3) is 0 Å². The number of phenols is 1. The second-order valence-electron chi connectivity index (χ2n) is 18.8. The van der Waals surface area contributed by atoms with E-state index in [0.717, 1.165) is 13.8 Å². The number of aliphatic hydroxyl groups is 2. The van der Waals surface area contributed by atoms with Crippen molar-refractivity contribution in [1.82, 2.24) is 67.8 Å². The number of carboxylic acid groups (broad SMARTS) is 1. The van der Waals surface area contributed by atoms with E-state index in [1.54, 1.807) is 0 Å². The fourth-order valence-corrected chi connectivity index (χ4v) is 7.39. The SMILES string of the molecule is C[C@H](NC(=O)CNC(=O)[C@@H](NC(=O)[C@H](Cc1cnc[nH]1)NC(=O)[C@H](C)NC(=O)[C@H](CCCN=C(N)N)NC(=O)[C@H](Cc1ccc(O)cc1)NC(=O)[C@H](Cc1cnc[nH]1)NC(=O)[C@@H](N)CCC(N)=O)[C@@H](C)O)C(=O)N[C@H](C(=O)O)[C@@H](C)O. The van der Waals surface area contributed by atoms with Crippen LogP contribution in [0.15, 0.2) is 54.3 Å². The molecule has 81 heavy (non-hydrogen) atoms. The van der Waals surface area contributed by atoms with Crippen molar-refractivity contribution in [2.75, 3.05) is 13.1 Å². The Morgan fingerprint density at radius 2 is 1.05 bits per heavy atom. The quantitative estimate of drug-likeness (QED) is 0.0150. The van der Waals surface area contributed by atoms with Crippen molar-refractivity contribution in [3.63, 3.8) is 0 Å². The van der Waals surface area contributed by atoms with Crippen LogP contribution in [0.2, 0.25) is 0 Å². The average molecular weight is 1140 g/mol. The van der Waals surface area contributed by atoms with E-state index in [1.807, 2.05) is 0 Å². The van der Waals surface area contributed by atoms with E-state index in [-0.39, 0.29) is 63.2 Å². The number of aromatic amines is 2. The van der Waals surface area contributed by atoms with Gasteiger partial charge in [-0.1, -0.05) is 12.1 Å². The van der Waals surface area contributed by atoms with Gasteiger partial charge in [-0.25, -0.2) is 14.8 Å². The minimum Gasteiger partial charge on any atom is -0.508 e. The number of guanidine groups is 1. The topological polar surface area (TPSA) is 551 Å². The minimum atomic E-state index is -1.75. The zero-order chi connectivity index (χ0) is 60.5. The first kappa shape index (κ1) is 66.0. The van der Waals surface area contributed by atoms with Gasteiger partial charge in [-0.2, -0.15) is 0 Å². The fourth-order valence-electron chi connectivity index (χ4n) is 7.39. The number of carboxylic acids is 1. The first-order valence-electron chi connectivity index (χ1n) is 25.3. The molecule has 444 valence electrons. The molecular weight excluding hydrogens is 1070 g/mol. The maximum Gasteiger partial charge on any atom is 0.328 e. The van der Waals surface area contributed by atoms with Crippen molar-refractivity contribution >= 4 is 71.0 Å². The maximum absolute atomic E-state index is 14.4. The predicted molar refractivity (Wildman–Crippen MR) is 284 cm³/mol. The van der Waals surface area contributed by atoms with Crippen LogP contribution in [0.4, 0.5) is 0 Å². The molecule has 0 radical (unpaired) electrons. The number of aromatic nitrogens is 4. The van der Waals surface area contributed by atoms with Crippen molar-refractivity contribution in [2.45, 2.75) is 139 Å². The van der Waals surface area contributed by atoms with E-state index in [1.165, 1.54) is 63.2 Å². The number of aliphatic carboxylic acids is 1. The number of benzene rings is 1. The number of aliphatic imine (C=N–C) groups is 1. The lowest BCUT2D eigenvalue weighted by Crippen LogP contribution is -2.61. The molecule has 11 atom stereocenters. The average Bonchev–Trinajstić information content (AvgIpc) is 4.14.